The average Bonchev–Trinajstić information content (AvgIpc) is 2.73. The van der Waals surface area contributed by atoms with Crippen LogP contribution in [0.1, 0.15) is 54.7 Å². The predicted octanol–water partition coefficient (Wildman–Crippen LogP) is 2.32. The molecule has 2 bridgehead atoms. The molecule has 2 aliphatic rings. The molecule has 114 valence electrons. The maximum absolute atomic E-state index is 13.8. The lowest BCUT2D eigenvalue weighted by Gasteiger charge is -2.39. The SMILES string of the molecule is CN[C@@]12CCC[C@@](NC(=O)c3nc(C)ccc3F)(CC1)C2. The second kappa shape index (κ2) is 5.05. The fourth-order valence-corrected chi connectivity index (χ4v) is 4.00. The number of amides is 1. The Balaban J connectivity index is 1.80. The van der Waals surface area contributed by atoms with Crippen LogP contribution in [0.15, 0.2) is 12.1 Å². The predicted molar refractivity (Wildman–Crippen MR) is 78.6 cm³/mol. The van der Waals surface area contributed by atoms with Gasteiger partial charge in [-0.2, -0.15) is 0 Å². The van der Waals surface area contributed by atoms with Crippen molar-refractivity contribution in [1.82, 2.24) is 15.6 Å². The summed E-state index contributed by atoms with van der Waals surface area (Å²) >= 11 is 0. The standard InChI is InChI=1S/C16H22FN3O/c1-11-4-5-12(17)13(19-11)14(21)20-16-7-3-6-15(10-16,18-2)8-9-16/h4-5,18H,3,6-10H2,1-2H3,(H,20,21)/t15-,16+/m0/s1. The molecule has 2 saturated carbocycles. The van der Waals surface area contributed by atoms with Gasteiger partial charge in [-0.3, -0.25) is 4.79 Å². The van der Waals surface area contributed by atoms with Crippen molar-refractivity contribution in [2.24, 2.45) is 0 Å². The van der Waals surface area contributed by atoms with Crippen LogP contribution in [0.2, 0.25) is 0 Å². The number of aromatic nitrogens is 1. The van der Waals surface area contributed by atoms with Gasteiger partial charge in [0.25, 0.3) is 5.91 Å². The van der Waals surface area contributed by atoms with Crippen molar-refractivity contribution in [3.8, 4) is 0 Å². The first-order valence-electron chi connectivity index (χ1n) is 7.62. The van der Waals surface area contributed by atoms with E-state index < -0.39 is 5.82 Å². The molecule has 0 spiro atoms. The Hall–Kier alpha value is -1.49. The fourth-order valence-electron chi connectivity index (χ4n) is 4.00. The summed E-state index contributed by atoms with van der Waals surface area (Å²) in [5.74, 6) is -0.937. The lowest BCUT2D eigenvalue weighted by molar-refractivity contribution is 0.0861. The topological polar surface area (TPSA) is 54.0 Å². The maximum atomic E-state index is 13.8. The summed E-state index contributed by atoms with van der Waals surface area (Å²) in [6.07, 6.45) is 6.15. The summed E-state index contributed by atoms with van der Waals surface area (Å²) in [7, 11) is 1.99. The van der Waals surface area contributed by atoms with Gasteiger partial charge in [0.1, 0.15) is 0 Å². The minimum absolute atomic E-state index is 0.0862. The maximum Gasteiger partial charge on any atom is 0.273 e. The molecule has 0 aliphatic heterocycles. The van der Waals surface area contributed by atoms with E-state index in [-0.39, 0.29) is 22.7 Å². The highest BCUT2D eigenvalue weighted by atomic mass is 19.1. The number of hydrogen-bond acceptors (Lipinski definition) is 3. The molecule has 1 aromatic rings. The Bertz CT molecular complexity index is 577. The second-order valence-electron chi connectivity index (χ2n) is 6.58. The molecule has 4 nitrogen and oxygen atoms in total. The average molecular weight is 291 g/mol. The molecule has 0 saturated heterocycles. The molecule has 2 fully saturated rings. The number of rotatable bonds is 3. The molecule has 1 amide bonds. The van der Waals surface area contributed by atoms with E-state index >= 15 is 0 Å². The summed E-state index contributed by atoms with van der Waals surface area (Å²) < 4.78 is 13.8. The van der Waals surface area contributed by atoms with E-state index in [1.165, 1.54) is 6.07 Å². The number of carbonyl (C=O) groups excluding carboxylic acids is 1. The largest absolute Gasteiger partial charge is 0.345 e. The quantitative estimate of drug-likeness (QED) is 0.898. The minimum atomic E-state index is -0.553. The lowest BCUT2D eigenvalue weighted by Crippen LogP contribution is -2.53. The molecule has 21 heavy (non-hydrogen) atoms. The summed E-state index contributed by atoms with van der Waals surface area (Å²) in [6.45, 7) is 1.76. The molecule has 0 radical (unpaired) electrons. The van der Waals surface area contributed by atoms with Crippen molar-refractivity contribution in [2.75, 3.05) is 7.05 Å². The van der Waals surface area contributed by atoms with Gasteiger partial charge in [-0.1, -0.05) is 0 Å². The van der Waals surface area contributed by atoms with Gasteiger partial charge in [0.2, 0.25) is 0 Å². The Kier molecular flexibility index (Phi) is 3.48. The first-order chi connectivity index (χ1) is 9.98. The molecule has 1 heterocycles. The van der Waals surface area contributed by atoms with Gasteiger partial charge in [-0.15, -0.1) is 0 Å². The third-order valence-electron chi connectivity index (χ3n) is 5.18. The summed E-state index contributed by atoms with van der Waals surface area (Å²) in [5.41, 5.74) is 0.510. The number of hydrogen-bond donors (Lipinski definition) is 2. The Morgan fingerprint density at radius 2 is 1.95 bits per heavy atom. The van der Waals surface area contributed by atoms with Crippen LogP contribution in [0.25, 0.3) is 0 Å². The highest BCUT2D eigenvalue weighted by Gasteiger charge is 2.51. The molecule has 2 aliphatic carbocycles. The zero-order chi connectivity index (χ0) is 15.1. The van der Waals surface area contributed by atoms with Crippen LogP contribution in [-0.4, -0.2) is 29.0 Å². The van der Waals surface area contributed by atoms with Crippen LogP contribution in [0.3, 0.4) is 0 Å². The summed E-state index contributed by atoms with van der Waals surface area (Å²) in [4.78, 5) is 16.5. The van der Waals surface area contributed by atoms with Crippen molar-refractivity contribution in [2.45, 2.75) is 56.5 Å². The zero-order valence-corrected chi connectivity index (χ0v) is 12.6. The van der Waals surface area contributed by atoms with Gasteiger partial charge in [0.05, 0.1) is 0 Å². The van der Waals surface area contributed by atoms with Gasteiger partial charge in [-0.05, 0) is 64.6 Å². The highest BCUT2D eigenvalue weighted by molar-refractivity contribution is 5.93. The van der Waals surface area contributed by atoms with Gasteiger partial charge in [0, 0.05) is 16.8 Å². The first kappa shape index (κ1) is 14.4. The van der Waals surface area contributed by atoms with E-state index in [2.05, 4.69) is 15.6 Å². The van der Waals surface area contributed by atoms with Gasteiger partial charge in [0.15, 0.2) is 11.5 Å². The summed E-state index contributed by atoms with van der Waals surface area (Å²) in [5, 5.41) is 6.51. The fraction of sp³-hybridized carbons (Fsp3) is 0.625. The zero-order valence-electron chi connectivity index (χ0n) is 12.6. The number of nitrogens with zero attached hydrogens (tertiary/aromatic N) is 1. The van der Waals surface area contributed by atoms with Crippen LogP contribution in [-0.2, 0) is 0 Å². The number of aryl methyl sites for hydroxylation is 1. The third kappa shape index (κ3) is 2.55. The van der Waals surface area contributed by atoms with Crippen LogP contribution >= 0.6 is 0 Å². The Morgan fingerprint density at radius 1 is 1.24 bits per heavy atom. The van der Waals surface area contributed by atoms with Crippen molar-refractivity contribution >= 4 is 5.91 Å². The molecular formula is C16H22FN3O. The van der Waals surface area contributed by atoms with E-state index in [4.69, 9.17) is 0 Å². The van der Waals surface area contributed by atoms with Crippen molar-refractivity contribution in [3.05, 3.63) is 29.3 Å². The molecule has 0 aromatic carbocycles. The van der Waals surface area contributed by atoms with E-state index in [0.717, 1.165) is 38.5 Å². The Labute approximate surface area is 124 Å². The summed E-state index contributed by atoms with van der Waals surface area (Å²) in [6, 6.07) is 2.88. The van der Waals surface area contributed by atoms with Crippen molar-refractivity contribution in [3.63, 3.8) is 0 Å². The van der Waals surface area contributed by atoms with Crippen LogP contribution in [0.5, 0.6) is 0 Å². The van der Waals surface area contributed by atoms with E-state index in [1.54, 1.807) is 13.0 Å². The third-order valence-corrected chi connectivity index (χ3v) is 5.18. The molecule has 5 heteroatoms. The molecule has 1 aromatic heterocycles. The monoisotopic (exact) mass is 291 g/mol. The van der Waals surface area contributed by atoms with Crippen LogP contribution in [0.4, 0.5) is 4.39 Å². The van der Waals surface area contributed by atoms with E-state index in [0.29, 0.717) is 5.69 Å². The van der Waals surface area contributed by atoms with E-state index in [1.807, 2.05) is 7.05 Å². The smallest absolute Gasteiger partial charge is 0.273 e. The molecular weight excluding hydrogens is 269 g/mol. The van der Waals surface area contributed by atoms with Crippen LogP contribution in [0, 0.1) is 12.7 Å². The molecule has 3 rings (SSSR count). The molecule has 0 unspecified atom stereocenters. The minimum Gasteiger partial charge on any atom is -0.345 e. The molecule has 2 atom stereocenters. The first-order valence-corrected chi connectivity index (χ1v) is 7.62. The van der Waals surface area contributed by atoms with Crippen molar-refractivity contribution < 1.29 is 9.18 Å². The number of fused-ring (bicyclic) bond motifs is 2. The lowest BCUT2D eigenvalue weighted by atomic mass is 9.78. The van der Waals surface area contributed by atoms with Crippen LogP contribution < -0.4 is 10.6 Å². The normalized spacial score (nSPS) is 31.2. The number of nitrogens with one attached hydrogen (secondary N) is 2. The Morgan fingerprint density at radius 3 is 2.71 bits per heavy atom. The number of pyridine rings is 1. The number of carbonyl (C=O) groups is 1. The van der Waals surface area contributed by atoms with Crippen molar-refractivity contribution in [1.29, 1.82) is 0 Å². The molecule has 2 N–H and O–H groups in total. The second-order valence-corrected chi connectivity index (χ2v) is 6.58. The highest BCUT2D eigenvalue weighted by Crippen LogP contribution is 2.47. The van der Waals surface area contributed by atoms with E-state index in [9.17, 15) is 9.18 Å². The van der Waals surface area contributed by atoms with Gasteiger partial charge in [-0.25, -0.2) is 9.37 Å². The van der Waals surface area contributed by atoms with Gasteiger partial charge < -0.3 is 10.6 Å². The van der Waals surface area contributed by atoms with Gasteiger partial charge >= 0.3 is 0 Å². The number of halogens is 1.